The van der Waals surface area contributed by atoms with Crippen molar-refractivity contribution in [2.45, 2.75) is 82.6 Å². The third kappa shape index (κ3) is 3.92. The van der Waals surface area contributed by atoms with Crippen molar-refractivity contribution in [3.8, 4) is 0 Å². The first-order valence-corrected chi connectivity index (χ1v) is 9.33. The summed E-state index contributed by atoms with van der Waals surface area (Å²) in [5.41, 5.74) is 0.412. The minimum atomic E-state index is -0.595. The standard InChI is InChI=1S/C20H29NO3/c1-2-3-12-20(23)13-17-10-7-11-18(14-20)21(17)19(22)24-15-16-8-5-4-6-9-16/h4-6,8-9,17-18,23H,2-3,7,10-15H2,1H3. The van der Waals surface area contributed by atoms with Gasteiger partial charge in [0.2, 0.25) is 0 Å². The lowest BCUT2D eigenvalue weighted by Crippen LogP contribution is -2.59. The van der Waals surface area contributed by atoms with Crippen molar-refractivity contribution >= 4 is 6.09 Å². The van der Waals surface area contributed by atoms with E-state index < -0.39 is 5.60 Å². The van der Waals surface area contributed by atoms with Gasteiger partial charge in [-0.1, -0.05) is 50.1 Å². The van der Waals surface area contributed by atoms with Gasteiger partial charge < -0.3 is 14.7 Å². The second kappa shape index (κ2) is 7.56. The number of nitrogens with zero attached hydrogens (tertiary/aromatic N) is 1. The number of rotatable bonds is 5. The van der Waals surface area contributed by atoms with E-state index >= 15 is 0 Å². The highest BCUT2D eigenvalue weighted by atomic mass is 16.6. The Morgan fingerprint density at radius 2 is 1.92 bits per heavy atom. The van der Waals surface area contributed by atoms with Crippen molar-refractivity contribution < 1.29 is 14.6 Å². The van der Waals surface area contributed by atoms with E-state index in [1.165, 1.54) is 0 Å². The normalized spacial score (nSPS) is 29.3. The number of benzene rings is 1. The first-order valence-electron chi connectivity index (χ1n) is 9.33. The summed E-state index contributed by atoms with van der Waals surface area (Å²) in [6.45, 7) is 2.47. The maximum atomic E-state index is 12.6. The predicted octanol–water partition coefficient (Wildman–Crippen LogP) is 4.26. The molecule has 132 valence electrons. The van der Waals surface area contributed by atoms with Gasteiger partial charge in [0.1, 0.15) is 6.61 Å². The van der Waals surface area contributed by atoms with Gasteiger partial charge in [-0.3, -0.25) is 0 Å². The summed E-state index contributed by atoms with van der Waals surface area (Å²) in [6, 6.07) is 10.0. The summed E-state index contributed by atoms with van der Waals surface area (Å²) < 4.78 is 5.56. The Balaban J connectivity index is 1.62. The lowest BCUT2D eigenvalue weighted by molar-refractivity contribution is -0.0897. The summed E-state index contributed by atoms with van der Waals surface area (Å²) in [4.78, 5) is 14.6. The number of aliphatic hydroxyl groups is 1. The van der Waals surface area contributed by atoms with Crippen molar-refractivity contribution in [1.82, 2.24) is 4.90 Å². The van der Waals surface area contributed by atoms with Gasteiger partial charge in [0.15, 0.2) is 0 Å². The fourth-order valence-electron chi connectivity index (χ4n) is 4.33. The molecule has 0 saturated carbocycles. The second-order valence-electron chi connectivity index (χ2n) is 7.42. The van der Waals surface area contributed by atoms with Gasteiger partial charge in [-0.15, -0.1) is 0 Å². The van der Waals surface area contributed by atoms with Crippen molar-refractivity contribution in [3.05, 3.63) is 35.9 Å². The third-order valence-corrected chi connectivity index (χ3v) is 5.50. The van der Waals surface area contributed by atoms with Gasteiger partial charge in [0.25, 0.3) is 0 Å². The number of hydrogen-bond acceptors (Lipinski definition) is 3. The molecule has 4 heteroatoms. The minimum absolute atomic E-state index is 0.127. The molecule has 2 unspecified atom stereocenters. The summed E-state index contributed by atoms with van der Waals surface area (Å²) in [6.07, 6.45) is 7.27. The lowest BCUT2D eigenvalue weighted by atomic mass is 9.74. The van der Waals surface area contributed by atoms with Gasteiger partial charge in [-0.25, -0.2) is 4.79 Å². The fourth-order valence-corrected chi connectivity index (χ4v) is 4.33. The third-order valence-electron chi connectivity index (χ3n) is 5.50. The molecule has 1 aromatic carbocycles. The zero-order valence-electron chi connectivity index (χ0n) is 14.6. The highest BCUT2D eigenvalue weighted by molar-refractivity contribution is 5.69. The van der Waals surface area contributed by atoms with Gasteiger partial charge in [0, 0.05) is 12.1 Å². The zero-order chi connectivity index (χ0) is 17.0. The molecule has 0 radical (unpaired) electrons. The van der Waals surface area contributed by atoms with Gasteiger partial charge in [-0.05, 0) is 44.1 Å². The van der Waals surface area contributed by atoms with E-state index in [0.29, 0.717) is 19.4 Å². The molecule has 0 aliphatic carbocycles. The van der Waals surface area contributed by atoms with E-state index in [9.17, 15) is 9.90 Å². The lowest BCUT2D eigenvalue weighted by Gasteiger charge is -2.51. The number of ether oxygens (including phenoxy) is 1. The number of hydrogen-bond donors (Lipinski definition) is 1. The van der Waals surface area contributed by atoms with Gasteiger partial charge in [-0.2, -0.15) is 0 Å². The molecule has 2 aliphatic heterocycles. The maximum absolute atomic E-state index is 12.6. The largest absolute Gasteiger partial charge is 0.445 e. The van der Waals surface area contributed by atoms with Crippen molar-refractivity contribution in [2.24, 2.45) is 0 Å². The summed E-state index contributed by atoms with van der Waals surface area (Å²) >= 11 is 0. The molecule has 3 rings (SSSR count). The van der Waals surface area contributed by atoms with Crippen LogP contribution in [-0.2, 0) is 11.3 Å². The Morgan fingerprint density at radius 3 is 2.54 bits per heavy atom. The first-order chi connectivity index (χ1) is 11.6. The summed E-state index contributed by atoms with van der Waals surface area (Å²) in [5, 5.41) is 10.9. The quantitative estimate of drug-likeness (QED) is 0.877. The van der Waals surface area contributed by atoms with Crippen LogP contribution in [-0.4, -0.2) is 33.8 Å². The van der Waals surface area contributed by atoms with Gasteiger partial charge >= 0.3 is 6.09 Å². The Morgan fingerprint density at radius 1 is 1.25 bits per heavy atom. The van der Waals surface area contributed by atoms with Crippen molar-refractivity contribution in [1.29, 1.82) is 0 Å². The van der Waals surface area contributed by atoms with Crippen LogP contribution in [0.15, 0.2) is 30.3 Å². The molecule has 1 N–H and O–H groups in total. The molecule has 0 aromatic heterocycles. The smallest absolute Gasteiger partial charge is 0.410 e. The average molecular weight is 331 g/mol. The van der Waals surface area contributed by atoms with E-state index in [-0.39, 0.29) is 18.2 Å². The van der Waals surface area contributed by atoms with Crippen LogP contribution in [0, 0.1) is 0 Å². The van der Waals surface area contributed by atoms with Crippen molar-refractivity contribution in [3.63, 3.8) is 0 Å². The molecule has 2 aliphatic rings. The van der Waals surface area contributed by atoms with Crippen LogP contribution < -0.4 is 0 Å². The number of amides is 1. The highest BCUT2D eigenvalue weighted by Crippen LogP contribution is 2.41. The molecule has 2 heterocycles. The molecule has 24 heavy (non-hydrogen) atoms. The van der Waals surface area contributed by atoms with Crippen LogP contribution in [0.3, 0.4) is 0 Å². The SMILES string of the molecule is CCCCC1(O)CC2CCCC(C1)N2C(=O)OCc1ccccc1. The van der Waals surface area contributed by atoms with Crippen LogP contribution in [0.5, 0.6) is 0 Å². The molecular formula is C20H29NO3. The van der Waals surface area contributed by atoms with Crippen LogP contribution in [0.1, 0.15) is 63.9 Å². The van der Waals surface area contributed by atoms with Crippen LogP contribution in [0.25, 0.3) is 0 Å². The Labute approximate surface area is 144 Å². The van der Waals surface area contributed by atoms with Crippen LogP contribution >= 0.6 is 0 Å². The molecule has 2 bridgehead atoms. The Kier molecular flexibility index (Phi) is 5.44. The molecule has 2 fully saturated rings. The Hall–Kier alpha value is -1.55. The highest BCUT2D eigenvalue weighted by Gasteiger charge is 2.47. The monoisotopic (exact) mass is 331 g/mol. The second-order valence-corrected chi connectivity index (χ2v) is 7.42. The fraction of sp³-hybridized carbons (Fsp3) is 0.650. The molecule has 4 nitrogen and oxygen atoms in total. The van der Waals surface area contributed by atoms with Crippen LogP contribution in [0.4, 0.5) is 4.79 Å². The van der Waals surface area contributed by atoms with E-state index in [4.69, 9.17) is 4.74 Å². The van der Waals surface area contributed by atoms with E-state index in [1.54, 1.807) is 0 Å². The minimum Gasteiger partial charge on any atom is -0.445 e. The zero-order valence-corrected chi connectivity index (χ0v) is 14.6. The maximum Gasteiger partial charge on any atom is 0.410 e. The first kappa shape index (κ1) is 17.3. The number of fused-ring (bicyclic) bond motifs is 2. The van der Waals surface area contributed by atoms with Gasteiger partial charge in [0.05, 0.1) is 5.60 Å². The predicted molar refractivity (Wildman–Crippen MR) is 93.6 cm³/mol. The van der Waals surface area contributed by atoms with E-state index in [0.717, 1.165) is 44.1 Å². The molecule has 2 atom stereocenters. The molecule has 1 amide bonds. The van der Waals surface area contributed by atoms with E-state index in [1.807, 2.05) is 35.2 Å². The molecule has 0 spiro atoms. The summed E-state index contributed by atoms with van der Waals surface area (Å²) in [5.74, 6) is 0. The van der Waals surface area contributed by atoms with Crippen molar-refractivity contribution in [2.75, 3.05) is 0 Å². The average Bonchev–Trinajstić information content (AvgIpc) is 2.58. The van der Waals surface area contributed by atoms with E-state index in [2.05, 4.69) is 6.92 Å². The number of unbranched alkanes of at least 4 members (excludes halogenated alkanes) is 1. The molecular weight excluding hydrogens is 302 g/mol. The molecule has 2 saturated heterocycles. The summed E-state index contributed by atoms with van der Waals surface area (Å²) in [7, 11) is 0. The topological polar surface area (TPSA) is 49.8 Å². The Bertz CT molecular complexity index is 531. The molecule has 1 aromatic rings. The number of carbonyl (C=O) groups is 1. The number of piperidine rings is 2. The number of carbonyl (C=O) groups excluding carboxylic acids is 1. The van der Waals surface area contributed by atoms with Crippen LogP contribution in [0.2, 0.25) is 0 Å².